The lowest BCUT2D eigenvalue weighted by atomic mass is 10.1. The van der Waals surface area contributed by atoms with E-state index in [0.29, 0.717) is 12.1 Å². The molecule has 0 aromatic heterocycles. The van der Waals surface area contributed by atoms with Gasteiger partial charge < -0.3 is 10.2 Å². The molecule has 0 bridgehead atoms. The van der Waals surface area contributed by atoms with Crippen LogP contribution >= 0.6 is 0 Å². The van der Waals surface area contributed by atoms with Crippen molar-refractivity contribution in [3.05, 3.63) is 35.4 Å². The van der Waals surface area contributed by atoms with Crippen molar-refractivity contribution < 1.29 is 13.2 Å². The minimum atomic E-state index is -4.28. The van der Waals surface area contributed by atoms with E-state index in [9.17, 15) is 13.2 Å². The standard InChI is InChI=1S/C15H23F3N2/c1-14(2,3)19-8-9-20(4)11-12-6-5-7-13(10-12)15(16,17)18/h5-7,10,19H,8-9,11H2,1-4H3. The highest BCUT2D eigenvalue weighted by Gasteiger charge is 2.30. The number of rotatable bonds is 5. The maximum absolute atomic E-state index is 12.6. The molecule has 1 N–H and O–H groups in total. The molecule has 0 unspecified atom stereocenters. The lowest BCUT2D eigenvalue weighted by Gasteiger charge is -2.23. The zero-order chi connectivity index (χ0) is 15.4. The average Bonchev–Trinajstić information content (AvgIpc) is 2.26. The summed E-state index contributed by atoms with van der Waals surface area (Å²) in [5.41, 5.74) is 0.145. The van der Waals surface area contributed by atoms with Gasteiger partial charge in [0.05, 0.1) is 5.56 Å². The Hall–Kier alpha value is -1.07. The summed E-state index contributed by atoms with van der Waals surface area (Å²) in [5.74, 6) is 0. The van der Waals surface area contributed by atoms with Gasteiger partial charge in [0, 0.05) is 25.2 Å². The van der Waals surface area contributed by atoms with Crippen molar-refractivity contribution in [1.82, 2.24) is 10.2 Å². The lowest BCUT2D eigenvalue weighted by molar-refractivity contribution is -0.137. The molecule has 0 atom stereocenters. The van der Waals surface area contributed by atoms with E-state index in [-0.39, 0.29) is 5.54 Å². The molecule has 0 radical (unpaired) electrons. The molecule has 0 spiro atoms. The Kier molecular flexibility index (Phi) is 5.59. The summed E-state index contributed by atoms with van der Waals surface area (Å²) in [6, 6.07) is 5.50. The van der Waals surface area contributed by atoms with Crippen molar-refractivity contribution in [2.75, 3.05) is 20.1 Å². The topological polar surface area (TPSA) is 15.3 Å². The van der Waals surface area contributed by atoms with E-state index in [0.717, 1.165) is 19.2 Å². The Labute approximate surface area is 119 Å². The molecule has 0 saturated heterocycles. The van der Waals surface area contributed by atoms with Crippen LogP contribution in [-0.2, 0) is 12.7 Å². The van der Waals surface area contributed by atoms with E-state index in [2.05, 4.69) is 26.1 Å². The molecule has 0 fully saturated rings. The first-order valence-electron chi connectivity index (χ1n) is 6.68. The molecule has 5 heteroatoms. The van der Waals surface area contributed by atoms with Gasteiger partial charge in [-0.2, -0.15) is 13.2 Å². The van der Waals surface area contributed by atoms with Gasteiger partial charge in [-0.05, 0) is 39.4 Å². The summed E-state index contributed by atoms with van der Waals surface area (Å²) in [5, 5.41) is 3.35. The first-order valence-corrected chi connectivity index (χ1v) is 6.68. The fraction of sp³-hybridized carbons (Fsp3) is 0.600. The predicted octanol–water partition coefficient (Wildman–Crippen LogP) is 3.53. The largest absolute Gasteiger partial charge is 0.416 e. The van der Waals surface area contributed by atoms with Crippen molar-refractivity contribution in [2.24, 2.45) is 0 Å². The fourth-order valence-corrected chi connectivity index (χ4v) is 1.86. The molecular weight excluding hydrogens is 265 g/mol. The molecule has 20 heavy (non-hydrogen) atoms. The summed E-state index contributed by atoms with van der Waals surface area (Å²) in [4.78, 5) is 2.01. The minimum Gasteiger partial charge on any atom is -0.311 e. The minimum absolute atomic E-state index is 0.0526. The van der Waals surface area contributed by atoms with Gasteiger partial charge in [-0.3, -0.25) is 0 Å². The van der Waals surface area contributed by atoms with E-state index >= 15 is 0 Å². The van der Waals surface area contributed by atoms with E-state index in [1.54, 1.807) is 6.07 Å². The van der Waals surface area contributed by atoms with Crippen molar-refractivity contribution in [3.8, 4) is 0 Å². The van der Waals surface area contributed by atoms with Crippen LogP contribution in [0.4, 0.5) is 13.2 Å². The maximum atomic E-state index is 12.6. The molecule has 0 aliphatic heterocycles. The smallest absolute Gasteiger partial charge is 0.311 e. The molecule has 2 nitrogen and oxygen atoms in total. The van der Waals surface area contributed by atoms with Gasteiger partial charge in [0.1, 0.15) is 0 Å². The van der Waals surface area contributed by atoms with Gasteiger partial charge in [0.25, 0.3) is 0 Å². The second-order valence-corrected chi connectivity index (χ2v) is 6.11. The van der Waals surface area contributed by atoms with Crippen LogP contribution in [0.15, 0.2) is 24.3 Å². The average molecular weight is 288 g/mol. The van der Waals surface area contributed by atoms with Crippen LogP contribution in [0.5, 0.6) is 0 Å². The Morgan fingerprint density at radius 1 is 1.15 bits per heavy atom. The number of likely N-dealkylation sites (N-methyl/N-ethyl adjacent to an activating group) is 1. The Bertz CT molecular complexity index is 422. The number of alkyl halides is 3. The molecule has 0 aliphatic rings. The predicted molar refractivity (Wildman–Crippen MR) is 75.5 cm³/mol. The zero-order valence-corrected chi connectivity index (χ0v) is 12.5. The third-order valence-corrected chi connectivity index (χ3v) is 2.86. The van der Waals surface area contributed by atoms with Crippen LogP contribution in [0.2, 0.25) is 0 Å². The second kappa shape index (κ2) is 6.59. The van der Waals surface area contributed by atoms with Crippen LogP contribution in [0.25, 0.3) is 0 Å². The lowest BCUT2D eigenvalue weighted by Crippen LogP contribution is -2.40. The first-order chi connectivity index (χ1) is 9.08. The number of hydrogen-bond donors (Lipinski definition) is 1. The summed E-state index contributed by atoms with van der Waals surface area (Å²) in [7, 11) is 1.91. The van der Waals surface area contributed by atoms with Crippen molar-refractivity contribution in [3.63, 3.8) is 0 Å². The van der Waals surface area contributed by atoms with Crippen LogP contribution < -0.4 is 5.32 Å². The molecule has 1 rings (SSSR count). The SMILES string of the molecule is CN(CCNC(C)(C)C)Cc1cccc(C(F)(F)F)c1. The number of nitrogens with one attached hydrogen (secondary N) is 1. The molecule has 0 aliphatic carbocycles. The maximum Gasteiger partial charge on any atom is 0.416 e. The fourth-order valence-electron chi connectivity index (χ4n) is 1.86. The highest BCUT2D eigenvalue weighted by molar-refractivity contribution is 5.25. The number of halogens is 3. The van der Waals surface area contributed by atoms with Crippen LogP contribution in [-0.4, -0.2) is 30.6 Å². The third-order valence-electron chi connectivity index (χ3n) is 2.86. The summed E-state index contributed by atoms with van der Waals surface area (Å²) in [6.07, 6.45) is -4.28. The summed E-state index contributed by atoms with van der Waals surface area (Å²) in [6.45, 7) is 8.35. The monoisotopic (exact) mass is 288 g/mol. The number of benzene rings is 1. The zero-order valence-electron chi connectivity index (χ0n) is 12.5. The van der Waals surface area contributed by atoms with Crippen LogP contribution in [0.1, 0.15) is 31.9 Å². The van der Waals surface area contributed by atoms with Crippen LogP contribution in [0.3, 0.4) is 0 Å². The molecular formula is C15H23F3N2. The molecule has 1 aromatic rings. The summed E-state index contributed by atoms with van der Waals surface area (Å²) >= 11 is 0. The highest BCUT2D eigenvalue weighted by atomic mass is 19.4. The van der Waals surface area contributed by atoms with Crippen molar-refractivity contribution >= 4 is 0 Å². The quantitative estimate of drug-likeness (QED) is 0.891. The van der Waals surface area contributed by atoms with Crippen molar-refractivity contribution in [2.45, 2.75) is 39.0 Å². The van der Waals surface area contributed by atoms with Gasteiger partial charge in [-0.15, -0.1) is 0 Å². The van der Waals surface area contributed by atoms with E-state index < -0.39 is 11.7 Å². The third kappa shape index (κ3) is 6.39. The number of nitrogens with zero attached hydrogens (tertiary/aromatic N) is 1. The van der Waals surface area contributed by atoms with Gasteiger partial charge in [-0.25, -0.2) is 0 Å². The van der Waals surface area contributed by atoms with E-state index in [1.807, 2.05) is 11.9 Å². The van der Waals surface area contributed by atoms with Gasteiger partial charge in [-0.1, -0.05) is 18.2 Å². The molecule has 0 heterocycles. The summed E-state index contributed by atoms with van der Waals surface area (Å²) < 4.78 is 37.8. The number of hydrogen-bond acceptors (Lipinski definition) is 2. The first kappa shape index (κ1) is 17.0. The molecule has 1 aromatic carbocycles. The molecule has 0 amide bonds. The van der Waals surface area contributed by atoms with E-state index in [4.69, 9.17) is 0 Å². The van der Waals surface area contributed by atoms with Gasteiger partial charge in [0.15, 0.2) is 0 Å². The Balaban J connectivity index is 2.52. The van der Waals surface area contributed by atoms with Crippen molar-refractivity contribution in [1.29, 1.82) is 0 Å². The van der Waals surface area contributed by atoms with E-state index in [1.165, 1.54) is 12.1 Å². The Morgan fingerprint density at radius 2 is 1.80 bits per heavy atom. The second-order valence-electron chi connectivity index (χ2n) is 6.11. The van der Waals surface area contributed by atoms with Crippen LogP contribution in [0, 0.1) is 0 Å². The highest BCUT2D eigenvalue weighted by Crippen LogP contribution is 2.29. The Morgan fingerprint density at radius 3 is 2.35 bits per heavy atom. The van der Waals surface area contributed by atoms with Gasteiger partial charge in [0.2, 0.25) is 0 Å². The normalized spacial score (nSPS) is 13.0. The van der Waals surface area contributed by atoms with Gasteiger partial charge >= 0.3 is 6.18 Å². The molecule has 0 saturated carbocycles. The molecule has 114 valence electrons.